The Morgan fingerprint density at radius 1 is 1.06 bits per heavy atom. The Morgan fingerprint density at radius 3 is 2.67 bits per heavy atom. The maximum atomic E-state index is 13.3. The number of anilines is 2. The summed E-state index contributed by atoms with van der Waals surface area (Å²) in [7, 11) is 0. The zero-order chi connectivity index (χ0) is 22.9. The Labute approximate surface area is 190 Å². The van der Waals surface area contributed by atoms with Crippen molar-refractivity contribution in [2.75, 3.05) is 36.4 Å². The fourth-order valence-electron chi connectivity index (χ4n) is 4.62. The number of imide groups is 2. The van der Waals surface area contributed by atoms with E-state index in [2.05, 4.69) is 25.8 Å². The lowest BCUT2D eigenvalue weighted by Crippen LogP contribution is -2.54. The molecule has 2 fully saturated rings. The number of aromatic nitrogens is 1. The highest BCUT2D eigenvalue weighted by Gasteiger charge is 2.45. The molecule has 1 aromatic heterocycles. The van der Waals surface area contributed by atoms with Crippen LogP contribution in [0.1, 0.15) is 39.1 Å². The molecule has 2 saturated heterocycles. The molecule has 0 aliphatic carbocycles. The zero-order valence-electron chi connectivity index (χ0n) is 18.0. The summed E-state index contributed by atoms with van der Waals surface area (Å²) in [5.74, 6) is -2.01. The van der Waals surface area contributed by atoms with Crippen molar-refractivity contribution in [1.29, 1.82) is 0 Å². The van der Waals surface area contributed by atoms with Crippen LogP contribution in [0.4, 0.5) is 11.4 Å². The molecule has 5 rings (SSSR count). The summed E-state index contributed by atoms with van der Waals surface area (Å²) in [5.41, 5.74) is 3.13. The number of pyridine rings is 1. The Hall–Kier alpha value is -3.79. The maximum absolute atomic E-state index is 13.3. The van der Waals surface area contributed by atoms with Crippen LogP contribution < -0.4 is 20.9 Å². The van der Waals surface area contributed by atoms with Crippen molar-refractivity contribution >= 4 is 35.0 Å². The topological polar surface area (TPSA) is 124 Å². The number of benzene rings is 1. The molecule has 3 N–H and O–H groups in total. The Bertz CT molecular complexity index is 1140. The molecule has 0 radical (unpaired) electrons. The van der Waals surface area contributed by atoms with Gasteiger partial charge in [0.15, 0.2) is 0 Å². The van der Waals surface area contributed by atoms with E-state index in [1.807, 2.05) is 12.3 Å². The van der Waals surface area contributed by atoms with Crippen LogP contribution in [0, 0.1) is 0 Å². The van der Waals surface area contributed by atoms with Gasteiger partial charge in [0, 0.05) is 45.3 Å². The molecular weight excluding hydrogens is 424 g/mol. The van der Waals surface area contributed by atoms with Gasteiger partial charge < -0.3 is 15.5 Å². The second-order valence-corrected chi connectivity index (χ2v) is 8.27. The predicted octanol–water partition coefficient (Wildman–Crippen LogP) is 0.505. The van der Waals surface area contributed by atoms with E-state index in [1.54, 1.807) is 24.4 Å². The van der Waals surface area contributed by atoms with Gasteiger partial charge in [-0.05, 0) is 24.1 Å². The Morgan fingerprint density at radius 2 is 1.88 bits per heavy atom. The van der Waals surface area contributed by atoms with Gasteiger partial charge >= 0.3 is 0 Å². The number of hydrogen-bond donors (Lipinski definition) is 3. The van der Waals surface area contributed by atoms with Crippen molar-refractivity contribution in [2.24, 2.45) is 0 Å². The molecular formula is C23H24N6O4. The van der Waals surface area contributed by atoms with Gasteiger partial charge in [-0.3, -0.25) is 34.4 Å². The number of nitrogens with zero attached hydrogens (tertiary/aromatic N) is 3. The third-order valence-corrected chi connectivity index (χ3v) is 6.28. The predicted molar refractivity (Wildman–Crippen MR) is 120 cm³/mol. The first-order valence-corrected chi connectivity index (χ1v) is 11.0. The van der Waals surface area contributed by atoms with Crippen molar-refractivity contribution in [2.45, 2.75) is 25.4 Å². The lowest BCUT2D eigenvalue weighted by molar-refractivity contribution is -0.136. The molecule has 4 amide bonds. The minimum atomic E-state index is -0.976. The van der Waals surface area contributed by atoms with Gasteiger partial charge in [0.2, 0.25) is 11.8 Å². The number of nitrogens with one attached hydrogen (secondary N) is 3. The first-order chi connectivity index (χ1) is 16.0. The summed E-state index contributed by atoms with van der Waals surface area (Å²) in [6.07, 6.45) is 3.76. The monoisotopic (exact) mass is 448 g/mol. The van der Waals surface area contributed by atoms with Gasteiger partial charge in [0.1, 0.15) is 6.04 Å². The van der Waals surface area contributed by atoms with E-state index in [0.29, 0.717) is 17.7 Å². The fourth-order valence-corrected chi connectivity index (χ4v) is 4.62. The van der Waals surface area contributed by atoms with Gasteiger partial charge in [0.25, 0.3) is 11.8 Å². The minimum Gasteiger partial charge on any atom is -0.379 e. The van der Waals surface area contributed by atoms with Crippen LogP contribution in [0.5, 0.6) is 0 Å². The van der Waals surface area contributed by atoms with Crippen molar-refractivity contribution < 1.29 is 19.2 Å². The van der Waals surface area contributed by atoms with Crippen molar-refractivity contribution in [3.8, 4) is 0 Å². The molecule has 1 unspecified atom stereocenters. The molecule has 170 valence electrons. The smallest absolute Gasteiger partial charge is 0.262 e. The summed E-state index contributed by atoms with van der Waals surface area (Å²) < 4.78 is 0. The van der Waals surface area contributed by atoms with Gasteiger partial charge in [-0.2, -0.15) is 0 Å². The summed E-state index contributed by atoms with van der Waals surface area (Å²) >= 11 is 0. The molecule has 3 aliphatic heterocycles. The number of carbonyl (C=O) groups excluding carboxylic acids is 4. The summed E-state index contributed by atoms with van der Waals surface area (Å²) in [6.45, 7) is 3.86. The van der Waals surface area contributed by atoms with Crippen molar-refractivity contribution in [3.05, 3.63) is 53.3 Å². The fraction of sp³-hybridized carbons (Fsp3) is 0.348. The van der Waals surface area contributed by atoms with Gasteiger partial charge in [-0.15, -0.1) is 0 Å². The van der Waals surface area contributed by atoms with Crippen LogP contribution in [0.25, 0.3) is 0 Å². The molecule has 10 nitrogen and oxygen atoms in total. The largest absolute Gasteiger partial charge is 0.379 e. The number of amides is 4. The van der Waals surface area contributed by atoms with Crippen LogP contribution in [0.2, 0.25) is 0 Å². The average Bonchev–Trinajstić information content (AvgIpc) is 3.09. The molecule has 2 aromatic rings. The standard InChI is InChI=1S/C23H24N6O4/c30-19-5-4-17(21(31)27-19)29-22(32)15-3-1-2-14(20(15)23(29)33)12-26-16-6-7-25-13-18(16)28-10-8-24-9-11-28/h1-3,6-7,13,17,24H,4-5,8-12H2,(H,25,26)(H,27,30,31). The number of piperazine rings is 1. The molecule has 10 heteroatoms. The summed E-state index contributed by atoms with van der Waals surface area (Å²) in [5, 5.41) is 8.95. The van der Waals surface area contributed by atoms with E-state index in [9.17, 15) is 19.2 Å². The summed E-state index contributed by atoms with van der Waals surface area (Å²) in [4.78, 5) is 57.6. The van der Waals surface area contributed by atoms with Gasteiger partial charge in [-0.1, -0.05) is 12.1 Å². The maximum Gasteiger partial charge on any atom is 0.262 e. The average molecular weight is 448 g/mol. The Kier molecular flexibility index (Phi) is 5.51. The normalized spacial score (nSPS) is 20.7. The van der Waals surface area contributed by atoms with Crippen LogP contribution in [0.15, 0.2) is 36.7 Å². The molecule has 4 heterocycles. The first-order valence-electron chi connectivity index (χ1n) is 11.0. The van der Waals surface area contributed by atoms with Crippen molar-refractivity contribution in [1.82, 2.24) is 20.5 Å². The molecule has 1 atom stereocenters. The molecule has 33 heavy (non-hydrogen) atoms. The molecule has 0 saturated carbocycles. The highest BCUT2D eigenvalue weighted by Crippen LogP contribution is 2.31. The van der Waals surface area contributed by atoms with Crippen LogP contribution in [-0.2, 0) is 16.1 Å². The Balaban J connectivity index is 1.39. The summed E-state index contributed by atoms with van der Waals surface area (Å²) in [6, 6.07) is 6.05. The molecule has 1 aromatic carbocycles. The van der Waals surface area contributed by atoms with Gasteiger partial charge in [-0.25, -0.2) is 0 Å². The first kappa shape index (κ1) is 21.1. The third kappa shape index (κ3) is 3.82. The molecule has 0 bridgehead atoms. The van der Waals surface area contributed by atoms with E-state index in [-0.39, 0.29) is 18.4 Å². The number of fused-ring (bicyclic) bond motifs is 1. The van der Waals surface area contributed by atoms with E-state index in [0.717, 1.165) is 42.5 Å². The number of carbonyl (C=O) groups is 4. The van der Waals surface area contributed by atoms with Crippen LogP contribution in [0.3, 0.4) is 0 Å². The molecule has 0 spiro atoms. The number of hydrogen-bond acceptors (Lipinski definition) is 8. The van der Waals surface area contributed by atoms with Crippen LogP contribution >= 0.6 is 0 Å². The van der Waals surface area contributed by atoms with Crippen LogP contribution in [-0.4, -0.2) is 65.7 Å². The van der Waals surface area contributed by atoms with E-state index >= 15 is 0 Å². The lowest BCUT2D eigenvalue weighted by Gasteiger charge is -2.30. The highest BCUT2D eigenvalue weighted by molar-refractivity contribution is 6.24. The van der Waals surface area contributed by atoms with E-state index < -0.39 is 29.7 Å². The second kappa shape index (κ2) is 8.62. The third-order valence-electron chi connectivity index (χ3n) is 6.28. The number of rotatable bonds is 5. The van der Waals surface area contributed by atoms with Crippen molar-refractivity contribution in [3.63, 3.8) is 0 Å². The SMILES string of the molecule is O=C1CCC(N2C(=O)c3cccc(CNc4ccncc4N4CCNCC4)c3C2=O)C(=O)N1. The quantitative estimate of drug-likeness (QED) is 0.565. The molecule has 3 aliphatic rings. The second-order valence-electron chi connectivity index (χ2n) is 8.27. The van der Waals surface area contributed by atoms with E-state index in [1.165, 1.54) is 0 Å². The zero-order valence-corrected chi connectivity index (χ0v) is 18.0. The van der Waals surface area contributed by atoms with Gasteiger partial charge in [0.05, 0.1) is 28.7 Å². The number of piperidine rings is 1. The van der Waals surface area contributed by atoms with E-state index in [4.69, 9.17) is 0 Å². The minimum absolute atomic E-state index is 0.0923. The lowest BCUT2D eigenvalue weighted by atomic mass is 10.0. The highest BCUT2D eigenvalue weighted by atomic mass is 16.2.